The minimum atomic E-state index is -2.60. The molecule has 1 aliphatic carbocycles. The largest absolute Gasteiger partial charge is 0.369 e. The van der Waals surface area contributed by atoms with E-state index in [-0.39, 0.29) is 17.0 Å². The molecule has 1 fully saturated rings. The second kappa shape index (κ2) is 4.22. The number of hydrogen-bond acceptors (Lipinski definition) is 3. The number of hydrogen-bond donors (Lipinski definition) is 1. The third-order valence-corrected chi connectivity index (χ3v) is 7.07. The van der Waals surface area contributed by atoms with Crippen molar-refractivity contribution >= 4 is 21.5 Å². The number of benzene rings is 1. The van der Waals surface area contributed by atoms with Crippen molar-refractivity contribution in [1.82, 2.24) is 4.31 Å². The van der Waals surface area contributed by atoms with Gasteiger partial charge in [-0.1, -0.05) is 18.2 Å². The molecule has 0 bridgehead atoms. The van der Waals surface area contributed by atoms with E-state index in [0.717, 1.165) is 12.8 Å². The number of aliphatic imine (C=N–C) groups is 1. The summed E-state index contributed by atoms with van der Waals surface area (Å²) in [7, 11) is -0.964. The monoisotopic (exact) mass is 295 g/mol. The van der Waals surface area contributed by atoms with Crippen LogP contribution in [0.4, 0.5) is 4.39 Å². The first-order valence-corrected chi connectivity index (χ1v) is 8.34. The summed E-state index contributed by atoms with van der Waals surface area (Å²) >= 11 is 0. The normalized spacial score (nSPS) is 36.6. The molecule has 0 radical (unpaired) electrons. The van der Waals surface area contributed by atoms with Crippen LogP contribution in [0.5, 0.6) is 0 Å². The van der Waals surface area contributed by atoms with E-state index in [1.807, 2.05) is 0 Å². The first-order valence-electron chi connectivity index (χ1n) is 6.60. The maximum Gasteiger partial charge on any atom is 0.203 e. The Bertz CT molecular complexity index is 685. The lowest BCUT2D eigenvalue weighted by molar-refractivity contribution is 0.416. The zero-order chi connectivity index (χ0) is 14.5. The van der Waals surface area contributed by atoms with Gasteiger partial charge in [-0.2, -0.15) is 0 Å². The van der Waals surface area contributed by atoms with Gasteiger partial charge in [-0.15, -0.1) is 0 Å². The number of nitrogens with two attached hydrogens (primary N) is 1. The molecule has 4 nitrogen and oxygen atoms in total. The summed E-state index contributed by atoms with van der Waals surface area (Å²) in [5.41, 5.74) is 5.57. The van der Waals surface area contributed by atoms with Gasteiger partial charge in [0.05, 0.1) is 15.0 Å². The van der Waals surface area contributed by atoms with Crippen molar-refractivity contribution in [3.8, 4) is 0 Å². The lowest BCUT2D eigenvalue weighted by atomic mass is 9.88. The molecule has 20 heavy (non-hydrogen) atoms. The minimum absolute atomic E-state index is 0.173. The third-order valence-electron chi connectivity index (χ3n) is 4.44. The van der Waals surface area contributed by atoms with Crippen molar-refractivity contribution in [2.75, 3.05) is 7.05 Å². The van der Waals surface area contributed by atoms with Gasteiger partial charge < -0.3 is 5.73 Å². The van der Waals surface area contributed by atoms with Crippen LogP contribution < -0.4 is 5.73 Å². The molecule has 1 heterocycles. The van der Waals surface area contributed by atoms with Crippen molar-refractivity contribution in [3.63, 3.8) is 0 Å². The summed E-state index contributed by atoms with van der Waals surface area (Å²) in [6.45, 7) is 0. The van der Waals surface area contributed by atoms with E-state index in [4.69, 9.17) is 5.73 Å². The highest BCUT2D eigenvalue weighted by Crippen LogP contribution is 2.49. The molecule has 2 N–H and O–H groups in total. The zero-order valence-corrected chi connectivity index (χ0v) is 12.2. The molecule has 0 saturated heterocycles. The second-order valence-electron chi connectivity index (χ2n) is 5.44. The molecule has 3 unspecified atom stereocenters. The SMILES string of the molecule is C=S1(=O)C2CCCC2(c2ccccc2F)N=C(N)N1C. The van der Waals surface area contributed by atoms with Crippen LogP contribution in [0.3, 0.4) is 0 Å². The van der Waals surface area contributed by atoms with Crippen molar-refractivity contribution < 1.29 is 8.60 Å². The summed E-state index contributed by atoms with van der Waals surface area (Å²) < 4.78 is 28.7. The molecule has 0 aromatic heterocycles. The van der Waals surface area contributed by atoms with Crippen LogP contribution in [-0.4, -0.2) is 32.6 Å². The third kappa shape index (κ3) is 1.60. The highest BCUT2D eigenvalue weighted by molar-refractivity contribution is 7.99. The Morgan fingerprint density at radius 2 is 2.25 bits per heavy atom. The highest BCUT2D eigenvalue weighted by atomic mass is 32.2. The molecule has 3 atom stereocenters. The Morgan fingerprint density at radius 1 is 1.55 bits per heavy atom. The van der Waals surface area contributed by atoms with Crippen molar-refractivity contribution in [2.45, 2.75) is 30.1 Å². The molecule has 1 saturated carbocycles. The molecule has 2 aliphatic rings. The molecule has 108 valence electrons. The first-order chi connectivity index (χ1) is 9.39. The Kier molecular flexibility index (Phi) is 2.83. The van der Waals surface area contributed by atoms with Crippen LogP contribution in [0, 0.1) is 5.82 Å². The van der Waals surface area contributed by atoms with E-state index in [0.29, 0.717) is 12.0 Å². The fourth-order valence-electron chi connectivity index (χ4n) is 3.38. The molecule has 0 spiro atoms. The summed E-state index contributed by atoms with van der Waals surface area (Å²) in [6, 6.07) is 6.54. The van der Waals surface area contributed by atoms with Gasteiger partial charge >= 0.3 is 0 Å². The average molecular weight is 295 g/mol. The van der Waals surface area contributed by atoms with Gasteiger partial charge in [-0.05, 0) is 31.2 Å². The molecular formula is C14H18FN3OS. The van der Waals surface area contributed by atoms with E-state index in [1.165, 1.54) is 10.4 Å². The van der Waals surface area contributed by atoms with Crippen LogP contribution in [-0.2, 0) is 15.2 Å². The Balaban J connectivity index is 2.28. The van der Waals surface area contributed by atoms with E-state index >= 15 is 0 Å². The summed E-state index contributed by atoms with van der Waals surface area (Å²) in [4.78, 5) is 4.54. The number of rotatable bonds is 1. The first kappa shape index (κ1) is 13.4. The Labute approximate surface area is 118 Å². The van der Waals surface area contributed by atoms with Gasteiger partial charge in [0.15, 0.2) is 0 Å². The predicted octanol–water partition coefficient (Wildman–Crippen LogP) is 1.46. The number of nitrogens with zero attached hydrogens (tertiary/aromatic N) is 2. The topological polar surface area (TPSA) is 58.7 Å². The zero-order valence-electron chi connectivity index (χ0n) is 11.4. The van der Waals surface area contributed by atoms with Crippen LogP contribution in [0.2, 0.25) is 0 Å². The molecule has 1 aliphatic heterocycles. The number of guanidine groups is 1. The maximum absolute atomic E-state index is 14.2. The summed E-state index contributed by atoms with van der Waals surface area (Å²) in [6.07, 6.45) is 2.22. The van der Waals surface area contributed by atoms with Gasteiger partial charge in [0.2, 0.25) is 5.96 Å². The second-order valence-corrected chi connectivity index (χ2v) is 7.94. The lowest BCUT2D eigenvalue weighted by Crippen LogP contribution is -2.55. The highest BCUT2D eigenvalue weighted by Gasteiger charge is 2.53. The van der Waals surface area contributed by atoms with Gasteiger partial charge in [-0.3, -0.25) is 4.31 Å². The molecule has 1 aromatic carbocycles. The van der Waals surface area contributed by atoms with Crippen molar-refractivity contribution in [2.24, 2.45) is 10.7 Å². The molecule has 1 aromatic rings. The van der Waals surface area contributed by atoms with E-state index < -0.39 is 15.2 Å². The fraction of sp³-hybridized carbons (Fsp3) is 0.429. The summed E-state index contributed by atoms with van der Waals surface area (Å²) in [5, 5.41) is -0.302. The van der Waals surface area contributed by atoms with Crippen molar-refractivity contribution in [3.05, 3.63) is 35.6 Å². The molecular weight excluding hydrogens is 277 g/mol. The van der Waals surface area contributed by atoms with E-state index in [1.54, 1.807) is 25.2 Å². The molecule has 0 amide bonds. The number of halogens is 1. The lowest BCUT2D eigenvalue weighted by Gasteiger charge is -2.42. The van der Waals surface area contributed by atoms with Gasteiger partial charge in [-0.25, -0.2) is 13.6 Å². The van der Waals surface area contributed by atoms with Crippen LogP contribution in [0.1, 0.15) is 24.8 Å². The minimum Gasteiger partial charge on any atom is -0.369 e. The van der Waals surface area contributed by atoms with Gasteiger partial charge in [0, 0.05) is 12.6 Å². The number of fused-ring (bicyclic) bond motifs is 1. The predicted molar refractivity (Wildman–Crippen MR) is 80.4 cm³/mol. The standard InChI is InChI=1S/C14H18FN3OS/c1-18-13(16)17-14(10-6-3-4-7-11(10)15)9-5-8-12(14)20(18,2)19/h3-4,6-7,12H,2,5,8-9H2,1H3,(H2,16,17). The van der Waals surface area contributed by atoms with E-state index in [9.17, 15) is 8.60 Å². The average Bonchev–Trinajstić information content (AvgIpc) is 2.83. The summed E-state index contributed by atoms with van der Waals surface area (Å²) in [5.74, 6) is 3.72. The van der Waals surface area contributed by atoms with Crippen molar-refractivity contribution in [1.29, 1.82) is 0 Å². The Morgan fingerprint density at radius 3 is 2.95 bits per heavy atom. The fourth-order valence-corrected chi connectivity index (χ4v) is 5.56. The van der Waals surface area contributed by atoms with Gasteiger partial charge in [0.1, 0.15) is 11.4 Å². The maximum atomic E-state index is 14.2. The smallest absolute Gasteiger partial charge is 0.203 e. The van der Waals surface area contributed by atoms with Gasteiger partial charge in [0.25, 0.3) is 0 Å². The Hall–Kier alpha value is -1.56. The quantitative estimate of drug-likeness (QED) is 0.798. The van der Waals surface area contributed by atoms with Crippen LogP contribution in [0.15, 0.2) is 29.3 Å². The van der Waals surface area contributed by atoms with Crippen LogP contribution >= 0.6 is 0 Å². The van der Waals surface area contributed by atoms with E-state index in [2.05, 4.69) is 10.9 Å². The molecule has 6 heteroatoms. The molecule has 3 rings (SSSR count). The van der Waals surface area contributed by atoms with Crippen LogP contribution in [0.25, 0.3) is 0 Å².